The number of aromatic nitrogens is 2. The topological polar surface area (TPSA) is 55.0 Å². The van der Waals surface area contributed by atoms with Crippen molar-refractivity contribution in [3.05, 3.63) is 45.5 Å². The second-order valence-electron chi connectivity index (χ2n) is 5.05. The molecule has 0 aliphatic heterocycles. The Bertz CT molecular complexity index is 665. The van der Waals surface area contributed by atoms with E-state index in [1.54, 1.807) is 6.92 Å². The molecule has 1 aromatic carbocycles. The number of halogens is 1. The summed E-state index contributed by atoms with van der Waals surface area (Å²) >= 11 is 6.03. The lowest BCUT2D eigenvalue weighted by Gasteiger charge is -2.10. The van der Waals surface area contributed by atoms with Crippen LogP contribution >= 0.6 is 11.6 Å². The molecule has 5 heteroatoms. The molecule has 4 nitrogen and oxygen atoms in total. The summed E-state index contributed by atoms with van der Waals surface area (Å²) in [6.45, 7) is 6.53. The molecule has 0 bridgehead atoms. The molecule has 0 aliphatic carbocycles. The fourth-order valence-electron chi connectivity index (χ4n) is 1.76. The van der Waals surface area contributed by atoms with Crippen LogP contribution in [0, 0.1) is 12.8 Å². The Morgan fingerprint density at radius 3 is 2.85 bits per heavy atom. The minimum Gasteiger partial charge on any atom is -0.493 e. The van der Waals surface area contributed by atoms with E-state index >= 15 is 0 Å². The fraction of sp³-hybridized carbons (Fsp3) is 0.333. The molecule has 0 spiro atoms. The monoisotopic (exact) mass is 292 g/mol. The van der Waals surface area contributed by atoms with Crippen molar-refractivity contribution in [2.75, 3.05) is 6.61 Å². The zero-order valence-corrected chi connectivity index (χ0v) is 12.5. The summed E-state index contributed by atoms with van der Waals surface area (Å²) in [6.07, 6.45) is 0. The largest absolute Gasteiger partial charge is 0.493 e. The van der Waals surface area contributed by atoms with Gasteiger partial charge in [-0.2, -0.15) is 0 Å². The Morgan fingerprint density at radius 1 is 1.40 bits per heavy atom. The minimum absolute atomic E-state index is 0.0941. The predicted octanol–water partition coefficient (Wildman–Crippen LogP) is 3.43. The van der Waals surface area contributed by atoms with Crippen molar-refractivity contribution in [2.45, 2.75) is 20.8 Å². The van der Waals surface area contributed by atoms with Crippen LogP contribution in [0.25, 0.3) is 11.3 Å². The number of H-pyrrole nitrogens is 1. The Morgan fingerprint density at radius 2 is 2.15 bits per heavy atom. The molecular formula is C15H17ClN2O2. The van der Waals surface area contributed by atoms with Crippen molar-refractivity contribution < 1.29 is 4.74 Å². The van der Waals surface area contributed by atoms with Crippen molar-refractivity contribution in [2.24, 2.45) is 5.92 Å². The molecule has 0 saturated carbocycles. The van der Waals surface area contributed by atoms with E-state index in [0.717, 1.165) is 11.3 Å². The van der Waals surface area contributed by atoms with Crippen LogP contribution < -0.4 is 10.3 Å². The highest BCUT2D eigenvalue weighted by molar-refractivity contribution is 6.32. The lowest BCUT2D eigenvalue weighted by Crippen LogP contribution is -2.11. The first-order chi connectivity index (χ1) is 9.47. The average molecular weight is 293 g/mol. The van der Waals surface area contributed by atoms with Crippen LogP contribution in [-0.4, -0.2) is 16.6 Å². The molecule has 0 fully saturated rings. The van der Waals surface area contributed by atoms with Gasteiger partial charge in [0.05, 0.1) is 12.3 Å². The van der Waals surface area contributed by atoms with Crippen molar-refractivity contribution in [1.29, 1.82) is 0 Å². The molecule has 2 rings (SSSR count). The molecule has 1 aromatic heterocycles. The van der Waals surface area contributed by atoms with Gasteiger partial charge in [-0.15, -0.1) is 0 Å². The number of ether oxygens (including phenoxy) is 1. The maximum atomic E-state index is 11.7. The van der Waals surface area contributed by atoms with E-state index in [-0.39, 0.29) is 10.6 Å². The first-order valence-corrected chi connectivity index (χ1v) is 6.85. The maximum Gasteiger partial charge on any atom is 0.270 e. The summed E-state index contributed by atoms with van der Waals surface area (Å²) in [5.74, 6) is 1.72. The molecule has 106 valence electrons. The highest BCUT2D eigenvalue weighted by Gasteiger charge is 2.11. The second kappa shape index (κ2) is 6.09. The van der Waals surface area contributed by atoms with E-state index in [0.29, 0.717) is 24.0 Å². The number of hydrogen-bond donors (Lipinski definition) is 1. The van der Waals surface area contributed by atoms with Crippen LogP contribution in [0.1, 0.15) is 19.7 Å². The first kappa shape index (κ1) is 14.6. The van der Waals surface area contributed by atoms with Gasteiger partial charge in [0.25, 0.3) is 5.56 Å². The Labute approximate surface area is 122 Å². The van der Waals surface area contributed by atoms with Gasteiger partial charge in [-0.1, -0.05) is 37.6 Å². The molecule has 2 aromatic rings. The number of aryl methyl sites for hydroxylation is 1. The Balaban J connectivity index is 2.38. The summed E-state index contributed by atoms with van der Waals surface area (Å²) in [4.78, 5) is 18.5. The third kappa shape index (κ3) is 3.39. The summed E-state index contributed by atoms with van der Waals surface area (Å²) < 4.78 is 5.67. The number of nitrogens with zero attached hydrogens (tertiary/aromatic N) is 1. The van der Waals surface area contributed by atoms with Gasteiger partial charge in [-0.25, -0.2) is 4.98 Å². The fourth-order valence-corrected chi connectivity index (χ4v) is 1.96. The number of nitrogens with one attached hydrogen (secondary N) is 1. The highest BCUT2D eigenvalue weighted by atomic mass is 35.5. The van der Waals surface area contributed by atoms with Gasteiger partial charge in [0, 0.05) is 5.56 Å². The summed E-state index contributed by atoms with van der Waals surface area (Å²) in [7, 11) is 0. The normalized spacial score (nSPS) is 10.8. The van der Waals surface area contributed by atoms with Gasteiger partial charge in [-0.3, -0.25) is 4.79 Å². The van der Waals surface area contributed by atoms with Gasteiger partial charge in [0.1, 0.15) is 16.6 Å². The quantitative estimate of drug-likeness (QED) is 0.939. The molecular weight excluding hydrogens is 276 g/mol. The van der Waals surface area contributed by atoms with E-state index in [2.05, 4.69) is 23.8 Å². The molecule has 0 amide bonds. The van der Waals surface area contributed by atoms with Gasteiger partial charge in [0.15, 0.2) is 0 Å². The smallest absolute Gasteiger partial charge is 0.270 e. The van der Waals surface area contributed by atoms with Crippen LogP contribution in [0.2, 0.25) is 5.02 Å². The van der Waals surface area contributed by atoms with E-state index in [1.807, 2.05) is 24.3 Å². The number of hydrogen-bond acceptors (Lipinski definition) is 3. The molecule has 0 atom stereocenters. The molecule has 20 heavy (non-hydrogen) atoms. The third-order valence-corrected chi connectivity index (χ3v) is 3.02. The van der Waals surface area contributed by atoms with E-state index < -0.39 is 0 Å². The first-order valence-electron chi connectivity index (χ1n) is 6.47. The summed E-state index contributed by atoms with van der Waals surface area (Å²) in [5.41, 5.74) is 0.913. The summed E-state index contributed by atoms with van der Waals surface area (Å²) in [6, 6.07) is 7.43. The van der Waals surface area contributed by atoms with Gasteiger partial charge in [0.2, 0.25) is 0 Å². The molecule has 0 unspecified atom stereocenters. The van der Waals surface area contributed by atoms with Crippen LogP contribution in [0.5, 0.6) is 5.75 Å². The number of rotatable bonds is 4. The molecule has 1 heterocycles. The van der Waals surface area contributed by atoms with Gasteiger partial charge >= 0.3 is 0 Å². The van der Waals surface area contributed by atoms with E-state index in [4.69, 9.17) is 16.3 Å². The van der Waals surface area contributed by atoms with Crippen LogP contribution in [0.4, 0.5) is 0 Å². The zero-order valence-electron chi connectivity index (χ0n) is 11.7. The molecule has 0 aliphatic rings. The Hall–Kier alpha value is -1.81. The standard InChI is InChI=1S/C15H17ClN2O2/c1-9(2)8-20-12-6-4-5-11(7-12)14-13(16)15(19)18-10(3)17-14/h4-7,9H,8H2,1-3H3,(H,17,18,19). The SMILES string of the molecule is Cc1nc(-c2cccc(OCC(C)C)c2)c(Cl)c(=O)[nH]1. The van der Waals surface area contributed by atoms with Crippen LogP contribution in [0.15, 0.2) is 29.1 Å². The number of benzene rings is 1. The number of aromatic amines is 1. The third-order valence-electron chi connectivity index (χ3n) is 2.67. The Kier molecular flexibility index (Phi) is 4.45. The van der Waals surface area contributed by atoms with Crippen LogP contribution in [-0.2, 0) is 0 Å². The van der Waals surface area contributed by atoms with Crippen molar-refractivity contribution in [3.8, 4) is 17.0 Å². The molecule has 0 radical (unpaired) electrons. The zero-order chi connectivity index (χ0) is 14.7. The van der Waals surface area contributed by atoms with E-state index in [1.165, 1.54) is 0 Å². The molecule has 0 saturated heterocycles. The van der Waals surface area contributed by atoms with Gasteiger partial charge < -0.3 is 9.72 Å². The maximum absolute atomic E-state index is 11.7. The highest BCUT2D eigenvalue weighted by Crippen LogP contribution is 2.26. The van der Waals surface area contributed by atoms with Crippen molar-refractivity contribution in [1.82, 2.24) is 9.97 Å². The predicted molar refractivity (Wildman–Crippen MR) is 80.4 cm³/mol. The second-order valence-corrected chi connectivity index (χ2v) is 5.42. The van der Waals surface area contributed by atoms with Crippen molar-refractivity contribution >= 4 is 11.6 Å². The van der Waals surface area contributed by atoms with Gasteiger partial charge in [-0.05, 0) is 25.0 Å². The average Bonchev–Trinajstić information content (AvgIpc) is 2.41. The molecule has 1 N–H and O–H groups in total. The summed E-state index contributed by atoms with van der Waals surface area (Å²) in [5, 5.41) is 0.0941. The van der Waals surface area contributed by atoms with E-state index in [9.17, 15) is 4.79 Å². The van der Waals surface area contributed by atoms with Crippen molar-refractivity contribution in [3.63, 3.8) is 0 Å². The lowest BCUT2D eigenvalue weighted by molar-refractivity contribution is 0.271. The minimum atomic E-state index is -0.331. The lowest BCUT2D eigenvalue weighted by atomic mass is 10.1. The van der Waals surface area contributed by atoms with Crippen LogP contribution in [0.3, 0.4) is 0 Å².